The lowest BCUT2D eigenvalue weighted by Gasteiger charge is -2.06. The van der Waals surface area contributed by atoms with Crippen LogP contribution in [0.5, 0.6) is 0 Å². The molecule has 124 valence electrons. The van der Waals surface area contributed by atoms with Gasteiger partial charge < -0.3 is 4.57 Å². The van der Waals surface area contributed by atoms with Gasteiger partial charge in [-0.15, -0.1) is 21.6 Å². The zero-order valence-corrected chi connectivity index (χ0v) is 15.3. The molecule has 0 aliphatic heterocycles. The van der Waals surface area contributed by atoms with E-state index >= 15 is 0 Å². The third-order valence-corrected chi connectivity index (χ3v) is 5.38. The highest BCUT2D eigenvalue weighted by atomic mass is 32.1. The first-order chi connectivity index (χ1) is 12.1. The standard InChI is InChI=1S/C21H19N3S/c1-14-8-10-16(11-9-14)20-19(22-23-21-15(2)12-13-25-21)17-6-4-5-7-18(17)24(20)3/h4-13H,1-3H3. The van der Waals surface area contributed by atoms with Gasteiger partial charge in [-0.2, -0.15) is 0 Å². The van der Waals surface area contributed by atoms with Crippen molar-refractivity contribution in [3.8, 4) is 11.3 Å². The quantitative estimate of drug-likeness (QED) is 0.360. The van der Waals surface area contributed by atoms with E-state index in [1.165, 1.54) is 5.56 Å². The van der Waals surface area contributed by atoms with Crippen molar-refractivity contribution in [2.75, 3.05) is 0 Å². The average molecular weight is 345 g/mol. The fraction of sp³-hybridized carbons (Fsp3) is 0.143. The molecule has 2 heterocycles. The van der Waals surface area contributed by atoms with E-state index in [9.17, 15) is 0 Å². The van der Waals surface area contributed by atoms with Crippen LogP contribution in [0.1, 0.15) is 11.1 Å². The fourth-order valence-corrected chi connectivity index (χ4v) is 3.82. The van der Waals surface area contributed by atoms with Crippen LogP contribution >= 0.6 is 11.3 Å². The predicted octanol–water partition coefficient (Wildman–Crippen LogP) is 6.94. The SMILES string of the molecule is Cc1ccc(-c2c(N=Nc3sccc3C)c3ccccc3n2C)cc1. The molecule has 4 aromatic rings. The summed E-state index contributed by atoms with van der Waals surface area (Å²) in [6.07, 6.45) is 0. The zero-order valence-electron chi connectivity index (χ0n) is 14.5. The number of fused-ring (bicyclic) bond motifs is 1. The van der Waals surface area contributed by atoms with Gasteiger partial charge in [0.1, 0.15) is 10.7 Å². The third-order valence-electron chi connectivity index (χ3n) is 4.48. The number of rotatable bonds is 3. The van der Waals surface area contributed by atoms with Crippen molar-refractivity contribution in [2.24, 2.45) is 17.3 Å². The Morgan fingerprint density at radius 1 is 0.880 bits per heavy atom. The Hall–Kier alpha value is -2.72. The molecule has 2 aromatic heterocycles. The molecular weight excluding hydrogens is 326 g/mol. The number of hydrogen-bond donors (Lipinski definition) is 0. The molecule has 0 unspecified atom stereocenters. The van der Waals surface area contributed by atoms with Crippen molar-refractivity contribution in [1.82, 2.24) is 4.57 Å². The number of aromatic nitrogens is 1. The van der Waals surface area contributed by atoms with Gasteiger partial charge in [0.2, 0.25) is 0 Å². The number of azo groups is 1. The Balaban J connectivity index is 1.95. The maximum atomic E-state index is 4.67. The van der Waals surface area contributed by atoms with Gasteiger partial charge in [-0.1, -0.05) is 48.0 Å². The summed E-state index contributed by atoms with van der Waals surface area (Å²) in [7, 11) is 2.09. The van der Waals surface area contributed by atoms with Crippen LogP contribution < -0.4 is 0 Å². The molecule has 0 saturated carbocycles. The van der Waals surface area contributed by atoms with Gasteiger partial charge >= 0.3 is 0 Å². The van der Waals surface area contributed by atoms with Crippen LogP contribution in [0.2, 0.25) is 0 Å². The molecule has 4 rings (SSSR count). The minimum atomic E-state index is 0.926. The van der Waals surface area contributed by atoms with Crippen LogP contribution in [0, 0.1) is 13.8 Å². The largest absolute Gasteiger partial charge is 0.342 e. The van der Waals surface area contributed by atoms with Crippen molar-refractivity contribution in [2.45, 2.75) is 13.8 Å². The highest BCUT2D eigenvalue weighted by molar-refractivity contribution is 7.14. The van der Waals surface area contributed by atoms with Gasteiger partial charge in [0, 0.05) is 18.0 Å². The maximum absolute atomic E-state index is 4.67. The lowest BCUT2D eigenvalue weighted by Crippen LogP contribution is -1.91. The molecule has 0 atom stereocenters. The van der Waals surface area contributed by atoms with Gasteiger partial charge in [-0.25, -0.2) is 0 Å². The van der Waals surface area contributed by atoms with Crippen molar-refractivity contribution >= 4 is 32.9 Å². The van der Waals surface area contributed by atoms with Gasteiger partial charge in [-0.05, 0) is 36.9 Å². The first-order valence-electron chi connectivity index (χ1n) is 8.25. The number of hydrogen-bond acceptors (Lipinski definition) is 3. The Morgan fingerprint density at radius 3 is 2.36 bits per heavy atom. The van der Waals surface area contributed by atoms with E-state index in [2.05, 4.69) is 90.3 Å². The first-order valence-corrected chi connectivity index (χ1v) is 9.13. The summed E-state index contributed by atoms with van der Waals surface area (Å²) in [4.78, 5) is 0. The van der Waals surface area contributed by atoms with Crippen LogP contribution in [-0.4, -0.2) is 4.57 Å². The molecule has 0 aliphatic rings. The molecule has 0 amide bonds. The Bertz CT molecular complexity index is 1070. The predicted molar refractivity (Wildman–Crippen MR) is 106 cm³/mol. The second-order valence-corrected chi connectivity index (χ2v) is 7.14. The summed E-state index contributed by atoms with van der Waals surface area (Å²) in [5, 5.41) is 13.3. The second-order valence-electron chi connectivity index (χ2n) is 6.25. The van der Waals surface area contributed by atoms with Crippen LogP contribution in [0.4, 0.5) is 10.7 Å². The van der Waals surface area contributed by atoms with Crippen molar-refractivity contribution in [3.63, 3.8) is 0 Å². The highest BCUT2D eigenvalue weighted by Gasteiger charge is 2.16. The monoisotopic (exact) mass is 345 g/mol. The molecule has 0 aliphatic carbocycles. The number of aryl methyl sites for hydroxylation is 3. The summed E-state index contributed by atoms with van der Waals surface area (Å²) in [5.74, 6) is 0. The van der Waals surface area contributed by atoms with E-state index in [0.29, 0.717) is 0 Å². The molecule has 0 fully saturated rings. The lowest BCUT2D eigenvalue weighted by atomic mass is 10.1. The number of thiophene rings is 1. The molecule has 0 bridgehead atoms. The Labute approximate surface area is 151 Å². The normalized spacial score (nSPS) is 11.6. The van der Waals surface area contributed by atoms with E-state index < -0.39 is 0 Å². The molecule has 4 heteroatoms. The smallest absolute Gasteiger partial charge is 0.141 e. The van der Waals surface area contributed by atoms with Crippen molar-refractivity contribution in [1.29, 1.82) is 0 Å². The maximum Gasteiger partial charge on any atom is 0.141 e. The second kappa shape index (κ2) is 6.30. The zero-order chi connectivity index (χ0) is 17.4. The minimum Gasteiger partial charge on any atom is -0.342 e. The van der Waals surface area contributed by atoms with Crippen molar-refractivity contribution in [3.05, 3.63) is 71.1 Å². The van der Waals surface area contributed by atoms with Crippen LogP contribution in [0.3, 0.4) is 0 Å². The fourth-order valence-electron chi connectivity index (χ4n) is 3.08. The van der Waals surface area contributed by atoms with E-state index in [-0.39, 0.29) is 0 Å². The number of para-hydroxylation sites is 1. The lowest BCUT2D eigenvalue weighted by molar-refractivity contribution is 0.976. The molecule has 0 saturated heterocycles. The van der Waals surface area contributed by atoms with Gasteiger partial charge in [0.15, 0.2) is 0 Å². The average Bonchev–Trinajstić information content (AvgIpc) is 3.16. The van der Waals surface area contributed by atoms with E-state index in [1.807, 2.05) is 5.38 Å². The topological polar surface area (TPSA) is 29.6 Å². The van der Waals surface area contributed by atoms with E-state index in [0.717, 1.165) is 38.4 Å². The minimum absolute atomic E-state index is 0.926. The van der Waals surface area contributed by atoms with Gasteiger partial charge in [0.05, 0.1) is 11.2 Å². The van der Waals surface area contributed by atoms with Gasteiger partial charge in [-0.3, -0.25) is 0 Å². The van der Waals surface area contributed by atoms with E-state index in [4.69, 9.17) is 0 Å². The van der Waals surface area contributed by atoms with Crippen LogP contribution in [0.15, 0.2) is 70.2 Å². The Kier molecular flexibility index (Phi) is 3.98. The molecule has 2 aromatic carbocycles. The third kappa shape index (κ3) is 2.79. The van der Waals surface area contributed by atoms with Crippen LogP contribution in [0.25, 0.3) is 22.2 Å². The number of benzene rings is 2. The molecule has 0 radical (unpaired) electrons. The molecule has 0 N–H and O–H groups in total. The summed E-state index contributed by atoms with van der Waals surface area (Å²) in [5.41, 5.74) is 6.75. The van der Waals surface area contributed by atoms with Gasteiger partial charge in [0.25, 0.3) is 0 Å². The summed E-state index contributed by atoms with van der Waals surface area (Å²) < 4.78 is 2.20. The molecule has 3 nitrogen and oxygen atoms in total. The summed E-state index contributed by atoms with van der Waals surface area (Å²) in [6, 6.07) is 19.0. The highest BCUT2D eigenvalue weighted by Crippen LogP contribution is 2.41. The first kappa shape index (κ1) is 15.8. The molecule has 25 heavy (non-hydrogen) atoms. The summed E-state index contributed by atoms with van der Waals surface area (Å²) in [6.45, 7) is 4.17. The molecule has 0 spiro atoms. The van der Waals surface area contributed by atoms with E-state index in [1.54, 1.807) is 11.3 Å². The van der Waals surface area contributed by atoms with Crippen molar-refractivity contribution < 1.29 is 0 Å². The van der Waals surface area contributed by atoms with Crippen LogP contribution in [-0.2, 0) is 7.05 Å². The molecular formula is C21H19N3S. The Morgan fingerprint density at radius 2 is 1.64 bits per heavy atom. The number of nitrogens with zero attached hydrogens (tertiary/aromatic N) is 3. The summed E-state index contributed by atoms with van der Waals surface area (Å²) >= 11 is 1.62.